The average molecular weight is 1050 g/mol. The van der Waals surface area contributed by atoms with Crippen molar-refractivity contribution < 1.29 is 28.7 Å². The molecule has 2 saturated carbocycles. The van der Waals surface area contributed by atoms with Crippen LogP contribution in [0.25, 0.3) is 27.0 Å². The summed E-state index contributed by atoms with van der Waals surface area (Å²) in [5.41, 5.74) is 5.12. The first-order valence-electron chi connectivity index (χ1n) is 26.4. The number of β-amino-alcohol motifs (C(OH)–C–C–N with tert-alkyl or cyclic N) is 1. The molecule has 0 spiro atoms. The van der Waals surface area contributed by atoms with E-state index in [-0.39, 0.29) is 43.7 Å². The number of piperidine rings is 1. The van der Waals surface area contributed by atoms with Crippen LogP contribution >= 0.6 is 22.9 Å². The maximum atomic E-state index is 14.8. The molecule has 14 nitrogen and oxygen atoms in total. The number of carbonyl (C=O) groups is 4. The van der Waals surface area contributed by atoms with E-state index >= 15 is 0 Å². The summed E-state index contributed by atoms with van der Waals surface area (Å²) >= 11 is 8.08. The van der Waals surface area contributed by atoms with Crippen molar-refractivity contribution >= 4 is 57.5 Å². The number of aryl methyl sites for hydroxylation is 1. The molecule has 3 aliphatic heterocycles. The van der Waals surface area contributed by atoms with Crippen LogP contribution in [0.2, 0.25) is 5.02 Å². The number of benzene rings is 3. The monoisotopic (exact) mass is 1050 g/mol. The van der Waals surface area contributed by atoms with Crippen LogP contribution in [-0.2, 0) is 24.6 Å². The average Bonchev–Trinajstić information content (AvgIpc) is 3.69. The zero-order valence-electron chi connectivity index (χ0n) is 43.2. The molecule has 4 amide bonds. The first kappa shape index (κ1) is 51.9. The van der Waals surface area contributed by atoms with E-state index in [1.54, 1.807) is 32.3 Å². The van der Waals surface area contributed by atoms with Gasteiger partial charge >= 0.3 is 0 Å². The number of nitrogens with zero attached hydrogens (tertiary/aromatic N) is 5. The summed E-state index contributed by atoms with van der Waals surface area (Å²) in [4.78, 5) is 82.4. The molecule has 0 unspecified atom stereocenters. The third kappa shape index (κ3) is 10.2. The van der Waals surface area contributed by atoms with E-state index in [0.29, 0.717) is 40.4 Å². The minimum atomic E-state index is -2.00. The third-order valence-electron chi connectivity index (χ3n) is 16.7. The molecule has 2 aromatic heterocycles. The summed E-state index contributed by atoms with van der Waals surface area (Å²) in [6, 6.07) is 17.6. The molecule has 5 heterocycles. The maximum absolute atomic E-state index is 14.8. The molecule has 17 heteroatoms. The van der Waals surface area contributed by atoms with Gasteiger partial charge in [-0.3, -0.25) is 28.5 Å². The normalized spacial score (nSPS) is 23.2. The Kier molecular flexibility index (Phi) is 14.2. The number of alkyl halides is 1. The van der Waals surface area contributed by atoms with Gasteiger partial charge in [-0.25, -0.2) is 9.37 Å². The predicted molar refractivity (Wildman–Crippen MR) is 285 cm³/mol. The van der Waals surface area contributed by atoms with Gasteiger partial charge in [-0.15, -0.1) is 11.3 Å². The number of thiazole rings is 1. The van der Waals surface area contributed by atoms with Gasteiger partial charge < -0.3 is 30.9 Å². The van der Waals surface area contributed by atoms with Crippen molar-refractivity contribution in [3.05, 3.63) is 110 Å². The molecule has 5 aliphatic rings. The van der Waals surface area contributed by atoms with Crippen molar-refractivity contribution in [3.63, 3.8) is 0 Å². The van der Waals surface area contributed by atoms with Crippen molar-refractivity contribution in [3.8, 4) is 16.1 Å². The number of fused-ring (bicyclic) bond motifs is 5. The van der Waals surface area contributed by atoms with Gasteiger partial charge in [0.1, 0.15) is 17.9 Å². The molecule has 3 aromatic carbocycles. The van der Waals surface area contributed by atoms with E-state index in [0.717, 1.165) is 90.3 Å². The minimum Gasteiger partial charge on any atom is -0.391 e. The smallest absolute Gasteiger partial charge is 0.282 e. The molecule has 2 aliphatic carbocycles. The quantitative estimate of drug-likeness (QED) is 0.0905. The highest BCUT2D eigenvalue weighted by molar-refractivity contribution is 7.13. The minimum absolute atomic E-state index is 0.0292. The van der Waals surface area contributed by atoms with E-state index in [9.17, 15) is 33.5 Å². The zero-order chi connectivity index (χ0) is 52.4. The standard InChI is InChI=1S/C57H68ClFN8O6S/c1-32-48(74-31-61-32)36-14-12-35(13-15-36)42(62-50(70)45-27-39(68)30-66(45)52(72)49(55(2,3)4)63-54(73)57(59)22-23-57)28-46(69)60-29-33-10-17-38(18-11-33)65-24-20-34(21-25-65)37-16-19-40-44(26-37)67-43-9-7-8-41(58)47(43)51(71)64-53(67)56(40,5)6/h7-9,12-16,19,26,31,33-34,38-39,42,45,49,68H,10-11,17-18,20-25,27-30H2,1-6H3,(H,60,69)(H,62,70)(H,63,73)/t33?,38?,39-,42+,45+,49-/m1/s1. The number of likely N-dealkylation sites (tertiary alicyclic amines) is 2. The number of nitrogens with one attached hydrogen (secondary N) is 3. The predicted octanol–water partition coefficient (Wildman–Crippen LogP) is 8.21. The second-order valence-corrected chi connectivity index (χ2v) is 24.5. The SMILES string of the molecule is Cc1ncsc1-c1ccc([C@H](CC(=O)NCC2CCC(N3CCC(c4ccc5c(c4)-n4c(nc(=O)c6c(Cl)cccc64)C5(C)C)CC3)CC2)NC(=O)[C@@H]2C[C@@H](O)CN2C(=O)[C@@H](NC(=O)C2(F)CC2)C(C)(C)C)cc1. The number of aliphatic hydroxyl groups excluding tert-OH is 1. The van der Waals surface area contributed by atoms with E-state index in [1.807, 2.05) is 43.3 Å². The summed E-state index contributed by atoms with van der Waals surface area (Å²) in [7, 11) is 0. The second kappa shape index (κ2) is 20.2. The highest BCUT2D eigenvalue weighted by Gasteiger charge is 2.53. The first-order chi connectivity index (χ1) is 35.2. The Morgan fingerprint density at radius 3 is 2.34 bits per heavy atom. The molecule has 10 rings (SSSR count). The topological polar surface area (TPSA) is 179 Å². The number of hydrogen-bond donors (Lipinski definition) is 4. The van der Waals surface area contributed by atoms with E-state index in [1.165, 1.54) is 21.8 Å². The lowest BCUT2D eigenvalue weighted by molar-refractivity contribution is -0.145. The molecule has 4 atom stereocenters. The Hall–Kier alpha value is -5.55. The Labute approximate surface area is 440 Å². The molecule has 4 fully saturated rings. The fourth-order valence-corrected chi connectivity index (χ4v) is 13.1. The number of amides is 4. The second-order valence-electron chi connectivity index (χ2n) is 23.2. The number of carbonyl (C=O) groups excluding carboxylic acids is 4. The van der Waals surface area contributed by atoms with E-state index in [2.05, 4.69) is 67.4 Å². The van der Waals surface area contributed by atoms with Gasteiger partial charge in [0, 0.05) is 25.6 Å². The lowest BCUT2D eigenvalue weighted by atomic mass is 9.81. The Morgan fingerprint density at radius 2 is 1.68 bits per heavy atom. The Balaban J connectivity index is 0.756. The van der Waals surface area contributed by atoms with Crippen molar-refractivity contribution in [1.29, 1.82) is 0 Å². The van der Waals surface area contributed by atoms with Gasteiger partial charge in [0.25, 0.3) is 11.5 Å². The van der Waals surface area contributed by atoms with Crippen LogP contribution in [0.4, 0.5) is 4.39 Å². The number of halogens is 2. The van der Waals surface area contributed by atoms with Gasteiger partial charge in [0.2, 0.25) is 17.7 Å². The largest absolute Gasteiger partial charge is 0.391 e. The van der Waals surface area contributed by atoms with Crippen LogP contribution < -0.4 is 21.5 Å². The van der Waals surface area contributed by atoms with E-state index in [4.69, 9.17) is 11.6 Å². The molecule has 4 N–H and O–H groups in total. The summed E-state index contributed by atoms with van der Waals surface area (Å²) in [5, 5.41) is 20.6. The van der Waals surface area contributed by atoms with Gasteiger partial charge in [-0.2, -0.15) is 4.98 Å². The summed E-state index contributed by atoms with van der Waals surface area (Å²) in [5.74, 6) is -0.689. The highest BCUT2D eigenvalue weighted by atomic mass is 35.5. The lowest BCUT2D eigenvalue weighted by Gasteiger charge is -2.41. The first-order valence-corrected chi connectivity index (χ1v) is 27.6. The molecule has 0 radical (unpaired) electrons. The van der Waals surface area contributed by atoms with Crippen LogP contribution in [-0.4, -0.2) is 109 Å². The van der Waals surface area contributed by atoms with Crippen molar-refractivity contribution in [2.24, 2.45) is 11.3 Å². The molecular formula is C57H68ClFN8O6S. The fourth-order valence-electron chi connectivity index (χ4n) is 12.0. The molecule has 2 saturated heterocycles. The maximum Gasteiger partial charge on any atom is 0.282 e. The molecule has 5 aromatic rings. The van der Waals surface area contributed by atoms with Gasteiger partial charge in [-0.1, -0.05) is 74.8 Å². The summed E-state index contributed by atoms with van der Waals surface area (Å²) < 4.78 is 16.9. The highest BCUT2D eigenvalue weighted by Crippen LogP contribution is 2.45. The third-order valence-corrected chi connectivity index (χ3v) is 18.0. The molecular weight excluding hydrogens is 979 g/mol. The van der Waals surface area contributed by atoms with Gasteiger partial charge in [0.05, 0.1) is 61.7 Å². The molecule has 392 valence electrons. The number of aliphatic hydroxyl groups is 1. The summed E-state index contributed by atoms with van der Waals surface area (Å²) in [6.07, 6.45) is 5.31. The number of rotatable bonds is 13. The van der Waals surface area contributed by atoms with Crippen molar-refractivity contribution in [2.45, 2.75) is 153 Å². The van der Waals surface area contributed by atoms with Crippen LogP contribution in [0.1, 0.15) is 139 Å². The molecule has 0 bridgehead atoms. The van der Waals surface area contributed by atoms with Crippen LogP contribution in [0.3, 0.4) is 0 Å². The van der Waals surface area contributed by atoms with Crippen LogP contribution in [0, 0.1) is 18.3 Å². The van der Waals surface area contributed by atoms with Crippen molar-refractivity contribution in [2.75, 3.05) is 26.2 Å². The lowest BCUT2D eigenvalue weighted by Crippen LogP contribution is -2.59. The zero-order valence-corrected chi connectivity index (χ0v) is 44.8. The number of hydrogen-bond acceptors (Lipinski definition) is 10. The summed E-state index contributed by atoms with van der Waals surface area (Å²) in [6.45, 7) is 13.9. The van der Waals surface area contributed by atoms with Crippen LogP contribution in [0.5, 0.6) is 0 Å². The molecule has 74 heavy (non-hydrogen) atoms. The van der Waals surface area contributed by atoms with Gasteiger partial charge in [-0.05, 0) is 143 Å². The number of aromatic nitrogens is 3. The van der Waals surface area contributed by atoms with E-state index < -0.39 is 58.4 Å². The Bertz CT molecular complexity index is 3040. The van der Waals surface area contributed by atoms with Crippen LogP contribution in [0.15, 0.2) is 71.0 Å². The Morgan fingerprint density at radius 1 is 0.959 bits per heavy atom. The van der Waals surface area contributed by atoms with Crippen molar-refractivity contribution in [1.82, 2.24) is 40.3 Å². The van der Waals surface area contributed by atoms with Gasteiger partial charge in [0.15, 0.2) is 5.67 Å². The fraction of sp³-hybridized carbons (Fsp3) is 0.526.